The van der Waals surface area contributed by atoms with Crippen molar-refractivity contribution in [2.24, 2.45) is 0 Å². The lowest BCUT2D eigenvalue weighted by Gasteiger charge is -2.43. The molecule has 2 aromatic rings. The second kappa shape index (κ2) is 9.73. The number of nitrogens with zero attached hydrogens (tertiary/aromatic N) is 1. The molecule has 0 atom stereocenters. The molecule has 27 heavy (non-hydrogen) atoms. The first kappa shape index (κ1) is 21.9. The second-order valence-corrected chi connectivity index (χ2v) is 8.41. The molecule has 2 aromatic carbocycles. The number of hydrogen-bond donors (Lipinski definition) is 1. The third-order valence-corrected chi connectivity index (χ3v) is 6.00. The summed E-state index contributed by atoms with van der Waals surface area (Å²) in [6, 6.07) is 18.7. The fraction of sp³-hybridized carbons (Fsp3) is 0.500. The van der Waals surface area contributed by atoms with E-state index in [2.05, 4.69) is 55.1 Å². The van der Waals surface area contributed by atoms with Crippen LogP contribution in [0.1, 0.15) is 51.7 Å². The molecule has 1 saturated heterocycles. The van der Waals surface area contributed by atoms with Gasteiger partial charge in [0.2, 0.25) is 0 Å². The van der Waals surface area contributed by atoms with E-state index in [4.69, 9.17) is 11.6 Å². The summed E-state index contributed by atoms with van der Waals surface area (Å²) in [7, 11) is 0. The number of piperidine rings is 1. The van der Waals surface area contributed by atoms with Crippen molar-refractivity contribution in [1.82, 2.24) is 4.90 Å². The van der Waals surface area contributed by atoms with Crippen LogP contribution in [0.3, 0.4) is 0 Å². The van der Waals surface area contributed by atoms with Gasteiger partial charge >= 0.3 is 0 Å². The Labute approximate surface area is 170 Å². The zero-order valence-electron chi connectivity index (χ0n) is 17.2. The van der Waals surface area contributed by atoms with E-state index >= 15 is 0 Å². The highest BCUT2D eigenvalue weighted by Gasteiger charge is 2.37. The first-order valence-corrected chi connectivity index (χ1v) is 10.5. The maximum Gasteiger partial charge on any atom is 0.0528 e. The molecular weight excluding hydrogens is 354 g/mol. The van der Waals surface area contributed by atoms with E-state index in [0.717, 1.165) is 37.5 Å². The van der Waals surface area contributed by atoms with Gasteiger partial charge in [-0.15, -0.1) is 0 Å². The summed E-state index contributed by atoms with van der Waals surface area (Å²) < 4.78 is 0. The minimum absolute atomic E-state index is 0.0799. The van der Waals surface area contributed by atoms with Gasteiger partial charge in [-0.1, -0.05) is 81.8 Å². The predicted octanol–water partition coefficient (Wildman–Crippen LogP) is 5.67. The molecule has 0 aromatic heterocycles. The summed E-state index contributed by atoms with van der Waals surface area (Å²) in [5.74, 6) is 0. The molecule has 0 saturated carbocycles. The van der Waals surface area contributed by atoms with Gasteiger partial charge in [0, 0.05) is 22.4 Å². The van der Waals surface area contributed by atoms with Gasteiger partial charge in [-0.05, 0) is 49.2 Å². The molecule has 3 heteroatoms. The van der Waals surface area contributed by atoms with Gasteiger partial charge in [0.05, 0.1) is 6.61 Å². The van der Waals surface area contributed by atoms with Gasteiger partial charge in [0.15, 0.2) is 0 Å². The van der Waals surface area contributed by atoms with E-state index in [1.54, 1.807) is 0 Å². The predicted molar refractivity (Wildman–Crippen MR) is 117 cm³/mol. The van der Waals surface area contributed by atoms with Crippen LogP contribution in [-0.4, -0.2) is 36.2 Å². The maximum atomic E-state index is 10.1. The number of benzene rings is 2. The van der Waals surface area contributed by atoms with E-state index in [9.17, 15) is 5.11 Å². The van der Waals surface area contributed by atoms with Crippen LogP contribution >= 0.6 is 11.6 Å². The van der Waals surface area contributed by atoms with Crippen molar-refractivity contribution in [3.05, 3.63) is 70.7 Å². The molecule has 0 unspecified atom stereocenters. The van der Waals surface area contributed by atoms with Gasteiger partial charge in [0.1, 0.15) is 0 Å². The largest absolute Gasteiger partial charge is 0.395 e. The van der Waals surface area contributed by atoms with Crippen LogP contribution in [-0.2, 0) is 10.8 Å². The molecule has 0 radical (unpaired) electrons. The van der Waals surface area contributed by atoms with Crippen molar-refractivity contribution in [2.75, 3.05) is 26.2 Å². The van der Waals surface area contributed by atoms with Crippen molar-refractivity contribution >= 4 is 11.6 Å². The van der Waals surface area contributed by atoms with Crippen molar-refractivity contribution < 1.29 is 5.11 Å². The first-order chi connectivity index (χ1) is 13.0. The normalized spacial score (nSPS) is 17.1. The minimum atomic E-state index is -0.0812. The van der Waals surface area contributed by atoms with Crippen LogP contribution in [0.4, 0.5) is 0 Å². The summed E-state index contributed by atoms with van der Waals surface area (Å²) in [4.78, 5) is 2.53. The Morgan fingerprint density at radius 2 is 1.52 bits per heavy atom. The lowest BCUT2D eigenvalue weighted by molar-refractivity contribution is 0.0902. The van der Waals surface area contributed by atoms with Gasteiger partial charge in [0.25, 0.3) is 0 Å². The lowest BCUT2D eigenvalue weighted by Crippen LogP contribution is -2.48. The van der Waals surface area contributed by atoms with Crippen molar-refractivity contribution in [1.29, 1.82) is 0 Å². The monoisotopic (exact) mass is 387 g/mol. The number of aliphatic hydroxyl groups is 1. The average Bonchev–Trinajstić information content (AvgIpc) is 2.71. The highest BCUT2D eigenvalue weighted by atomic mass is 35.5. The molecule has 0 bridgehead atoms. The Morgan fingerprint density at radius 3 is 2.04 bits per heavy atom. The van der Waals surface area contributed by atoms with Crippen LogP contribution in [0.2, 0.25) is 5.02 Å². The molecule has 0 aliphatic carbocycles. The highest BCUT2D eigenvalue weighted by Crippen LogP contribution is 2.36. The highest BCUT2D eigenvalue weighted by molar-refractivity contribution is 6.30. The third kappa shape index (κ3) is 5.34. The third-order valence-electron chi connectivity index (χ3n) is 5.75. The summed E-state index contributed by atoms with van der Waals surface area (Å²) >= 11 is 6.03. The number of halogens is 1. The van der Waals surface area contributed by atoms with Crippen LogP contribution in [0.15, 0.2) is 54.6 Å². The zero-order chi connectivity index (χ0) is 19.9. The quantitative estimate of drug-likeness (QED) is 0.714. The number of hydrogen-bond acceptors (Lipinski definition) is 2. The Kier molecular flexibility index (Phi) is 7.91. The van der Waals surface area contributed by atoms with Gasteiger partial charge < -0.3 is 10.0 Å². The first-order valence-electron chi connectivity index (χ1n) is 10.1. The van der Waals surface area contributed by atoms with Crippen LogP contribution < -0.4 is 0 Å². The van der Waals surface area contributed by atoms with Gasteiger partial charge in [-0.3, -0.25) is 0 Å². The molecule has 1 N–H and O–H groups in total. The molecule has 1 aliphatic rings. The average molecular weight is 388 g/mol. The van der Waals surface area contributed by atoms with Gasteiger partial charge in [-0.25, -0.2) is 0 Å². The Morgan fingerprint density at radius 1 is 0.963 bits per heavy atom. The van der Waals surface area contributed by atoms with Crippen LogP contribution in [0, 0.1) is 0 Å². The maximum absolute atomic E-state index is 10.1. The molecule has 0 spiro atoms. The number of aliphatic hydroxyl groups excluding tert-OH is 1. The van der Waals surface area contributed by atoms with E-state index in [1.165, 1.54) is 11.1 Å². The van der Waals surface area contributed by atoms with E-state index in [0.29, 0.717) is 0 Å². The van der Waals surface area contributed by atoms with Crippen molar-refractivity contribution in [2.45, 2.75) is 51.4 Å². The summed E-state index contributed by atoms with van der Waals surface area (Å²) in [5.41, 5.74) is 2.59. The van der Waals surface area contributed by atoms with Gasteiger partial charge in [-0.2, -0.15) is 0 Å². The van der Waals surface area contributed by atoms with Crippen LogP contribution in [0.5, 0.6) is 0 Å². The topological polar surface area (TPSA) is 23.5 Å². The fourth-order valence-electron chi connectivity index (χ4n) is 4.02. The number of rotatable bonds is 5. The zero-order valence-corrected chi connectivity index (χ0v) is 18.0. The summed E-state index contributed by atoms with van der Waals surface area (Å²) in [6.07, 6.45) is 2.01. The molecule has 1 heterocycles. The molecule has 148 valence electrons. The van der Waals surface area contributed by atoms with Crippen molar-refractivity contribution in [3.63, 3.8) is 0 Å². The van der Waals surface area contributed by atoms with Crippen molar-refractivity contribution in [3.8, 4) is 0 Å². The summed E-state index contributed by atoms with van der Waals surface area (Å²) in [6.45, 7) is 11.9. The SMILES string of the molecule is CC.CC(C)(CN1CCC(CO)(c2ccccc2)CC1)c1ccc(Cl)cc1. The lowest BCUT2D eigenvalue weighted by atomic mass is 9.73. The molecule has 3 rings (SSSR count). The number of likely N-dealkylation sites (tertiary alicyclic amines) is 1. The Bertz CT molecular complexity index is 673. The minimum Gasteiger partial charge on any atom is -0.395 e. The van der Waals surface area contributed by atoms with E-state index in [-0.39, 0.29) is 17.4 Å². The van der Waals surface area contributed by atoms with E-state index < -0.39 is 0 Å². The molecule has 2 nitrogen and oxygen atoms in total. The fourth-order valence-corrected chi connectivity index (χ4v) is 4.15. The second-order valence-electron chi connectivity index (χ2n) is 7.97. The molecule has 0 amide bonds. The molecule has 1 aliphatic heterocycles. The standard InChI is InChI=1S/C22H28ClNO.C2H6/c1-21(2,18-8-10-20(23)11-9-18)16-24-14-12-22(17-25,13-15-24)19-6-4-3-5-7-19;1-2/h3-11,25H,12-17H2,1-2H3;1-2H3. The molecular formula is C24H34ClNO. The van der Waals surface area contributed by atoms with Crippen LogP contribution in [0.25, 0.3) is 0 Å². The Hall–Kier alpha value is -1.35. The van der Waals surface area contributed by atoms with E-state index in [1.807, 2.05) is 32.0 Å². The molecule has 1 fully saturated rings. The summed E-state index contributed by atoms with van der Waals surface area (Å²) in [5, 5.41) is 10.9. The Balaban J connectivity index is 0.00000126. The smallest absolute Gasteiger partial charge is 0.0528 e.